The molecule has 0 radical (unpaired) electrons. The second kappa shape index (κ2) is 10.4. The Morgan fingerprint density at radius 3 is 2.47 bits per heavy atom. The fraction of sp³-hybridized carbons (Fsp3) is 0.346. The standard InChI is InChI=1S/C26H30N6O4/c1-36-13-12-30-14-20(18-8-4-2-5-9-18)22(16-30)27-25(33)28-24-21-15-31(26(34)35)17-23(21)29-32(24)19-10-6-3-7-11-19/h2-11,20,22H,12-17H2,1H3,(H,34,35)(H2,27,28,33). The number of amides is 3. The number of rotatable bonds is 7. The molecule has 2 atom stereocenters. The summed E-state index contributed by atoms with van der Waals surface area (Å²) in [7, 11) is 1.69. The maximum absolute atomic E-state index is 13.3. The van der Waals surface area contributed by atoms with Crippen molar-refractivity contribution in [3.05, 3.63) is 77.5 Å². The minimum Gasteiger partial charge on any atom is -0.465 e. The summed E-state index contributed by atoms with van der Waals surface area (Å²) in [5.74, 6) is 0.629. The van der Waals surface area contributed by atoms with Crippen LogP contribution in [0.5, 0.6) is 0 Å². The molecule has 2 unspecified atom stereocenters. The molecule has 10 nitrogen and oxygen atoms in total. The molecule has 0 bridgehead atoms. The Bertz CT molecular complexity index is 1220. The van der Waals surface area contributed by atoms with Crippen molar-refractivity contribution in [1.82, 2.24) is 24.9 Å². The van der Waals surface area contributed by atoms with E-state index in [1.807, 2.05) is 48.5 Å². The van der Waals surface area contributed by atoms with Crippen LogP contribution in [0.25, 0.3) is 5.69 Å². The smallest absolute Gasteiger partial charge is 0.407 e. The van der Waals surface area contributed by atoms with Gasteiger partial charge in [-0.3, -0.25) is 15.1 Å². The van der Waals surface area contributed by atoms with Crippen LogP contribution in [-0.2, 0) is 17.8 Å². The fourth-order valence-electron chi connectivity index (χ4n) is 5.02. The Morgan fingerprint density at radius 2 is 1.78 bits per heavy atom. The largest absolute Gasteiger partial charge is 0.465 e. The molecule has 0 saturated carbocycles. The summed E-state index contributed by atoms with van der Waals surface area (Å²) in [6.45, 7) is 3.31. The highest BCUT2D eigenvalue weighted by atomic mass is 16.5. The van der Waals surface area contributed by atoms with Crippen LogP contribution in [0.1, 0.15) is 22.7 Å². The van der Waals surface area contributed by atoms with E-state index in [4.69, 9.17) is 4.74 Å². The van der Waals surface area contributed by atoms with Gasteiger partial charge in [-0.1, -0.05) is 48.5 Å². The summed E-state index contributed by atoms with van der Waals surface area (Å²) in [6, 6.07) is 19.3. The third-order valence-electron chi connectivity index (χ3n) is 6.81. The number of methoxy groups -OCH3 is 1. The van der Waals surface area contributed by atoms with Gasteiger partial charge in [0, 0.05) is 38.2 Å². The zero-order valence-corrected chi connectivity index (χ0v) is 20.1. The van der Waals surface area contributed by atoms with Crippen molar-refractivity contribution >= 4 is 17.9 Å². The number of para-hydroxylation sites is 1. The number of hydrogen-bond acceptors (Lipinski definition) is 5. The third kappa shape index (κ3) is 4.91. The minimum atomic E-state index is -1.01. The number of nitrogens with one attached hydrogen (secondary N) is 2. The van der Waals surface area contributed by atoms with Gasteiger partial charge < -0.3 is 15.2 Å². The van der Waals surface area contributed by atoms with Gasteiger partial charge in [-0.15, -0.1) is 0 Å². The molecule has 36 heavy (non-hydrogen) atoms. The molecule has 5 rings (SSSR count). The van der Waals surface area contributed by atoms with Gasteiger partial charge in [0.05, 0.1) is 37.1 Å². The molecule has 3 N–H and O–H groups in total. The first-order chi connectivity index (χ1) is 17.5. The molecular weight excluding hydrogens is 460 g/mol. The lowest BCUT2D eigenvalue weighted by Gasteiger charge is -2.21. The van der Waals surface area contributed by atoms with E-state index in [2.05, 4.69) is 32.8 Å². The van der Waals surface area contributed by atoms with E-state index >= 15 is 0 Å². The molecule has 2 aromatic carbocycles. The van der Waals surface area contributed by atoms with Crippen molar-refractivity contribution in [3.63, 3.8) is 0 Å². The van der Waals surface area contributed by atoms with Crippen molar-refractivity contribution in [2.24, 2.45) is 0 Å². The first-order valence-corrected chi connectivity index (χ1v) is 12.0. The van der Waals surface area contributed by atoms with Crippen LogP contribution in [0, 0.1) is 0 Å². The molecule has 3 amide bonds. The summed E-state index contributed by atoms with van der Waals surface area (Å²) in [5, 5.41) is 20.3. The average molecular weight is 491 g/mol. The van der Waals surface area contributed by atoms with Gasteiger partial charge >= 0.3 is 12.1 Å². The maximum Gasteiger partial charge on any atom is 0.407 e. The molecule has 3 aromatic rings. The third-order valence-corrected chi connectivity index (χ3v) is 6.81. The van der Waals surface area contributed by atoms with E-state index in [1.54, 1.807) is 11.8 Å². The van der Waals surface area contributed by atoms with Gasteiger partial charge in [0.1, 0.15) is 5.82 Å². The van der Waals surface area contributed by atoms with Gasteiger partial charge in [-0.2, -0.15) is 5.10 Å². The normalized spacial score (nSPS) is 19.3. The van der Waals surface area contributed by atoms with Crippen molar-refractivity contribution < 1.29 is 19.4 Å². The molecular formula is C26H30N6O4. The van der Waals surface area contributed by atoms with Crippen molar-refractivity contribution in [3.8, 4) is 5.69 Å². The molecule has 1 fully saturated rings. The number of hydrogen-bond donors (Lipinski definition) is 3. The van der Waals surface area contributed by atoms with E-state index in [-0.39, 0.29) is 31.1 Å². The van der Waals surface area contributed by atoms with Crippen LogP contribution in [0.3, 0.4) is 0 Å². The highest BCUT2D eigenvalue weighted by Gasteiger charge is 2.36. The van der Waals surface area contributed by atoms with Gasteiger partial charge in [0.2, 0.25) is 0 Å². The highest BCUT2D eigenvalue weighted by molar-refractivity contribution is 5.90. The number of carbonyl (C=O) groups is 2. The van der Waals surface area contributed by atoms with Crippen LogP contribution in [0.4, 0.5) is 15.4 Å². The van der Waals surface area contributed by atoms with Gasteiger partial charge in [0.15, 0.2) is 0 Å². The van der Waals surface area contributed by atoms with E-state index in [1.165, 1.54) is 10.5 Å². The second-order valence-corrected chi connectivity index (χ2v) is 9.13. The van der Waals surface area contributed by atoms with Crippen molar-refractivity contribution in [2.45, 2.75) is 25.0 Å². The van der Waals surface area contributed by atoms with E-state index in [9.17, 15) is 14.7 Å². The average Bonchev–Trinajstić information content (AvgIpc) is 3.58. The Balaban J connectivity index is 1.37. The van der Waals surface area contributed by atoms with E-state index < -0.39 is 6.09 Å². The van der Waals surface area contributed by atoms with Gasteiger partial charge in [0.25, 0.3) is 0 Å². The predicted octanol–water partition coefficient (Wildman–Crippen LogP) is 3.10. The van der Waals surface area contributed by atoms with E-state index in [0.717, 1.165) is 18.8 Å². The molecule has 188 valence electrons. The number of benzene rings is 2. The molecule has 0 aliphatic carbocycles. The quantitative estimate of drug-likeness (QED) is 0.469. The number of carboxylic acid groups (broad SMARTS) is 1. The number of aromatic nitrogens is 2. The molecule has 1 aromatic heterocycles. The zero-order chi connectivity index (χ0) is 25.1. The van der Waals surface area contributed by atoms with Crippen LogP contribution in [-0.4, -0.2) is 76.2 Å². The summed E-state index contributed by atoms with van der Waals surface area (Å²) in [6.07, 6.45) is -1.01. The highest BCUT2D eigenvalue weighted by Crippen LogP contribution is 2.32. The zero-order valence-electron chi connectivity index (χ0n) is 20.1. The molecule has 2 aliphatic heterocycles. The van der Waals surface area contributed by atoms with Gasteiger partial charge in [-0.25, -0.2) is 14.3 Å². The topological polar surface area (TPSA) is 112 Å². The SMILES string of the molecule is COCCN1CC(NC(=O)Nc2c3c(nn2-c2ccccc2)CN(C(=O)O)C3)C(c2ccccc2)C1. The number of ether oxygens (including phenoxy) is 1. The van der Waals surface area contributed by atoms with Crippen molar-refractivity contribution in [1.29, 1.82) is 0 Å². The Hall–Kier alpha value is -3.89. The number of anilines is 1. The number of fused-ring (bicyclic) bond motifs is 1. The molecule has 0 spiro atoms. The number of likely N-dealkylation sites (tertiary alicyclic amines) is 1. The number of nitrogens with zero attached hydrogens (tertiary/aromatic N) is 4. The Kier molecular flexibility index (Phi) is 6.88. The number of carbonyl (C=O) groups excluding carboxylic acids is 1. The second-order valence-electron chi connectivity index (χ2n) is 9.13. The molecule has 10 heteroatoms. The Labute approximate surface area is 209 Å². The minimum absolute atomic E-state index is 0.0964. The summed E-state index contributed by atoms with van der Waals surface area (Å²) >= 11 is 0. The summed E-state index contributed by atoms with van der Waals surface area (Å²) in [5.41, 5.74) is 3.32. The fourth-order valence-corrected chi connectivity index (χ4v) is 5.02. The van der Waals surface area contributed by atoms with Crippen LogP contribution >= 0.6 is 0 Å². The lowest BCUT2D eigenvalue weighted by atomic mass is 9.94. The van der Waals surface area contributed by atoms with Crippen LogP contribution < -0.4 is 10.6 Å². The first-order valence-electron chi connectivity index (χ1n) is 12.0. The Morgan fingerprint density at radius 1 is 1.06 bits per heavy atom. The molecule has 2 aliphatic rings. The monoisotopic (exact) mass is 490 g/mol. The first kappa shape index (κ1) is 23.8. The predicted molar refractivity (Wildman–Crippen MR) is 134 cm³/mol. The van der Waals surface area contributed by atoms with E-state index in [0.29, 0.717) is 30.2 Å². The van der Waals surface area contributed by atoms with Crippen LogP contribution in [0.2, 0.25) is 0 Å². The molecule has 1 saturated heterocycles. The van der Waals surface area contributed by atoms with Crippen LogP contribution in [0.15, 0.2) is 60.7 Å². The van der Waals surface area contributed by atoms with Crippen molar-refractivity contribution in [2.75, 3.05) is 38.7 Å². The van der Waals surface area contributed by atoms with Gasteiger partial charge in [-0.05, 0) is 17.7 Å². The summed E-state index contributed by atoms with van der Waals surface area (Å²) < 4.78 is 6.94. The molecule has 3 heterocycles. The number of urea groups is 1. The maximum atomic E-state index is 13.3. The lowest BCUT2D eigenvalue weighted by molar-refractivity contribution is 0.144. The summed E-state index contributed by atoms with van der Waals surface area (Å²) in [4.78, 5) is 28.4. The lowest BCUT2D eigenvalue weighted by Crippen LogP contribution is -2.42.